The van der Waals surface area contributed by atoms with Crippen molar-refractivity contribution in [2.24, 2.45) is 0 Å². The first-order valence-corrected chi connectivity index (χ1v) is 9.00. The number of aliphatic hydroxyl groups is 1. The van der Waals surface area contributed by atoms with Crippen molar-refractivity contribution < 1.29 is 9.50 Å². The van der Waals surface area contributed by atoms with E-state index in [0.29, 0.717) is 29.0 Å². The maximum atomic E-state index is 13.1. The number of rotatable bonds is 6. The molecule has 3 rings (SSSR count). The third-order valence-electron chi connectivity index (χ3n) is 3.99. The molecule has 0 amide bonds. The van der Waals surface area contributed by atoms with E-state index in [0.717, 1.165) is 5.56 Å². The zero-order valence-corrected chi connectivity index (χ0v) is 14.7. The van der Waals surface area contributed by atoms with Crippen molar-refractivity contribution in [1.29, 1.82) is 0 Å². The molecule has 25 heavy (non-hydrogen) atoms. The summed E-state index contributed by atoms with van der Waals surface area (Å²) in [6.45, 7) is 2.41. The minimum absolute atomic E-state index is 0.00837. The maximum absolute atomic E-state index is 13.1. The molecule has 4 nitrogen and oxygen atoms in total. The van der Waals surface area contributed by atoms with Crippen LogP contribution in [0, 0.1) is 5.82 Å². The van der Waals surface area contributed by atoms with Crippen LogP contribution in [0.25, 0.3) is 10.9 Å². The van der Waals surface area contributed by atoms with Crippen LogP contribution in [0.4, 0.5) is 4.39 Å². The number of fused-ring (bicyclic) bond motifs is 1. The second-order valence-electron chi connectivity index (χ2n) is 5.76. The molecule has 1 atom stereocenters. The fraction of sp³-hybridized carbons (Fsp3) is 0.263. The molecule has 0 unspecified atom stereocenters. The van der Waals surface area contributed by atoms with Crippen molar-refractivity contribution in [3.63, 3.8) is 0 Å². The van der Waals surface area contributed by atoms with Gasteiger partial charge in [0, 0.05) is 18.4 Å². The van der Waals surface area contributed by atoms with Gasteiger partial charge in [-0.2, -0.15) is 0 Å². The van der Waals surface area contributed by atoms with Crippen LogP contribution in [0.2, 0.25) is 0 Å². The van der Waals surface area contributed by atoms with Crippen LogP contribution in [0.3, 0.4) is 0 Å². The van der Waals surface area contributed by atoms with Gasteiger partial charge in [0.2, 0.25) is 0 Å². The molecule has 2 aromatic carbocycles. The van der Waals surface area contributed by atoms with E-state index in [9.17, 15) is 9.18 Å². The van der Waals surface area contributed by atoms with Gasteiger partial charge in [-0.1, -0.05) is 36.0 Å². The summed E-state index contributed by atoms with van der Waals surface area (Å²) in [6.07, 6.45) is 0.485. The zero-order valence-electron chi connectivity index (χ0n) is 13.9. The number of aliphatic hydroxyl groups excluding tert-OH is 1. The van der Waals surface area contributed by atoms with Gasteiger partial charge in [0.15, 0.2) is 5.16 Å². The first-order valence-electron chi connectivity index (χ1n) is 8.12. The highest BCUT2D eigenvalue weighted by molar-refractivity contribution is 7.99. The highest BCUT2D eigenvalue weighted by Gasteiger charge is 2.15. The Balaban J connectivity index is 2.01. The van der Waals surface area contributed by atoms with Gasteiger partial charge in [-0.3, -0.25) is 9.36 Å². The predicted octanol–water partition coefficient (Wildman–Crippen LogP) is 3.77. The van der Waals surface area contributed by atoms with E-state index in [2.05, 4.69) is 4.98 Å². The SMILES string of the molecule is C[C@@H](Sc1nc2ccccc2c(=O)n1CCCO)c1ccc(F)cc1. The Morgan fingerprint density at radius 1 is 1.20 bits per heavy atom. The summed E-state index contributed by atoms with van der Waals surface area (Å²) >= 11 is 1.46. The van der Waals surface area contributed by atoms with Gasteiger partial charge < -0.3 is 5.11 Å². The van der Waals surface area contributed by atoms with Crippen LogP contribution < -0.4 is 5.56 Å². The van der Waals surface area contributed by atoms with Crippen LogP contribution in [0.1, 0.15) is 24.2 Å². The number of hydrogen-bond acceptors (Lipinski definition) is 4. The minimum atomic E-state index is -0.273. The second kappa shape index (κ2) is 7.80. The highest BCUT2D eigenvalue weighted by atomic mass is 32.2. The molecule has 1 aromatic heterocycles. The molecule has 0 aliphatic heterocycles. The first kappa shape index (κ1) is 17.6. The summed E-state index contributed by atoms with van der Waals surface area (Å²) in [5, 5.41) is 10.3. The third kappa shape index (κ3) is 3.91. The average molecular weight is 358 g/mol. The average Bonchev–Trinajstić information content (AvgIpc) is 2.62. The molecule has 130 valence electrons. The molecule has 0 aliphatic carbocycles. The quantitative estimate of drug-likeness (QED) is 0.538. The zero-order chi connectivity index (χ0) is 17.8. The lowest BCUT2D eigenvalue weighted by Gasteiger charge is -2.16. The molecular weight excluding hydrogens is 339 g/mol. The Bertz CT molecular complexity index is 925. The van der Waals surface area contributed by atoms with Crippen molar-refractivity contribution in [2.45, 2.75) is 30.3 Å². The number of nitrogens with zero attached hydrogens (tertiary/aromatic N) is 2. The molecule has 0 saturated heterocycles. The molecule has 0 spiro atoms. The van der Waals surface area contributed by atoms with Crippen molar-refractivity contribution >= 4 is 22.7 Å². The normalized spacial score (nSPS) is 12.4. The topological polar surface area (TPSA) is 55.1 Å². The van der Waals surface area contributed by atoms with Gasteiger partial charge in [-0.05, 0) is 43.2 Å². The van der Waals surface area contributed by atoms with Gasteiger partial charge in [-0.15, -0.1) is 0 Å². The molecule has 0 fully saturated rings. The van der Waals surface area contributed by atoms with Crippen LogP contribution in [-0.2, 0) is 6.54 Å². The predicted molar refractivity (Wildman–Crippen MR) is 98.4 cm³/mol. The largest absolute Gasteiger partial charge is 0.396 e. The molecule has 1 heterocycles. The van der Waals surface area contributed by atoms with Crippen molar-refractivity contribution in [3.05, 3.63) is 70.3 Å². The summed E-state index contributed by atoms with van der Waals surface area (Å²) in [4.78, 5) is 17.4. The Hall–Kier alpha value is -2.18. The van der Waals surface area contributed by atoms with Crippen LogP contribution in [0.5, 0.6) is 0 Å². The molecule has 0 radical (unpaired) electrons. The first-order chi connectivity index (χ1) is 12.1. The summed E-state index contributed by atoms with van der Waals surface area (Å²) in [5.41, 5.74) is 1.51. The molecule has 0 bridgehead atoms. The molecule has 0 saturated carbocycles. The summed E-state index contributed by atoms with van der Waals surface area (Å²) in [7, 11) is 0. The summed E-state index contributed by atoms with van der Waals surface area (Å²) in [5.74, 6) is -0.273. The number of halogens is 1. The van der Waals surface area contributed by atoms with Gasteiger partial charge in [0.05, 0.1) is 10.9 Å². The molecule has 6 heteroatoms. The van der Waals surface area contributed by atoms with Crippen molar-refractivity contribution in [1.82, 2.24) is 9.55 Å². The van der Waals surface area contributed by atoms with E-state index < -0.39 is 0 Å². The van der Waals surface area contributed by atoms with Crippen LogP contribution in [-0.4, -0.2) is 21.3 Å². The number of hydrogen-bond donors (Lipinski definition) is 1. The summed E-state index contributed by atoms with van der Waals surface area (Å²) < 4.78 is 14.7. The lowest BCUT2D eigenvalue weighted by Crippen LogP contribution is -2.24. The van der Waals surface area contributed by atoms with E-state index in [-0.39, 0.29) is 23.2 Å². The molecule has 1 N–H and O–H groups in total. The number of benzene rings is 2. The second-order valence-corrected chi connectivity index (χ2v) is 7.07. The van der Waals surface area contributed by atoms with Crippen molar-refractivity contribution in [2.75, 3.05) is 6.61 Å². The monoisotopic (exact) mass is 358 g/mol. The van der Waals surface area contributed by atoms with E-state index in [1.807, 2.05) is 25.1 Å². The Morgan fingerprint density at radius 3 is 2.64 bits per heavy atom. The Kier molecular flexibility index (Phi) is 5.50. The lowest BCUT2D eigenvalue weighted by atomic mass is 10.2. The van der Waals surface area contributed by atoms with Crippen LogP contribution in [0.15, 0.2) is 58.5 Å². The smallest absolute Gasteiger partial charge is 0.262 e. The van der Waals surface area contributed by atoms with E-state index >= 15 is 0 Å². The molecule has 0 aliphatic rings. The standard InChI is InChI=1S/C19H19FN2O2S/c1-13(14-7-9-15(20)10-8-14)25-19-21-17-6-3-2-5-16(17)18(24)22(19)11-4-12-23/h2-3,5-10,13,23H,4,11-12H2,1H3/t13-/m1/s1. The van der Waals surface area contributed by atoms with Gasteiger partial charge in [0.1, 0.15) is 5.82 Å². The van der Waals surface area contributed by atoms with Gasteiger partial charge in [-0.25, -0.2) is 9.37 Å². The highest BCUT2D eigenvalue weighted by Crippen LogP contribution is 2.33. The van der Waals surface area contributed by atoms with E-state index in [1.165, 1.54) is 23.9 Å². The molecular formula is C19H19FN2O2S. The summed E-state index contributed by atoms with van der Waals surface area (Å²) in [6, 6.07) is 13.6. The Labute approximate surface area is 149 Å². The lowest BCUT2D eigenvalue weighted by molar-refractivity contribution is 0.276. The minimum Gasteiger partial charge on any atom is -0.396 e. The van der Waals surface area contributed by atoms with Gasteiger partial charge >= 0.3 is 0 Å². The van der Waals surface area contributed by atoms with Gasteiger partial charge in [0.25, 0.3) is 5.56 Å². The Morgan fingerprint density at radius 2 is 1.92 bits per heavy atom. The van der Waals surface area contributed by atoms with E-state index in [4.69, 9.17) is 5.11 Å². The number of para-hydroxylation sites is 1. The van der Waals surface area contributed by atoms with Crippen molar-refractivity contribution in [3.8, 4) is 0 Å². The number of thioether (sulfide) groups is 1. The molecule has 3 aromatic rings. The fourth-order valence-electron chi connectivity index (χ4n) is 2.62. The fourth-order valence-corrected chi connectivity index (χ4v) is 3.69. The number of aromatic nitrogens is 2. The van der Waals surface area contributed by atoms with Crippen LogP contribution >= 0.6 is 11.8 Å². The van der Waals surface area contributed by atoms with E-state index in [1.54, 1.807) is 22.8 Å². The maximum Gasteiger partial charge on any atom is 0.262 e. The third-order valence-corrected chi connectivity index (χ3v) is 5.14.